The summed E-state index contributed by atoms with van der Waals surface area (Å²) in [7, 11) is 0. The molecule has 0 aromatic heterocycles. The Labute approximate surface area is 125 Å². The molecular weight excluding hydrogens is 274 g/mol. The number of ketones is 1. The summed E-state index contributed by atoms with van der Waals surface area (Å²) in [6.45, 7) is 10.5. The first kappa shape index (κ1) is 17.5. The summed E-state index contributed by atoms with van der Waals surface area (Å²) < 4.78 is 10.5. The monoisotopic (exact) mass is 299 g/mol. The second-order valence-electron chi connectivity index (χ2n) is 7.38. The minimum atomic E-state index is -0.740. The molecule has 1 fully saturated rings. The van der Waals surface area contributed by atoms with Gasteiger partial charge in [-0.1, -0.05) is 0 Å². The summed E-state index contributed by atoms with van der Waals surface area (Å²) in [4.78, 5) is 36.3. The summed E-state index contributed by atoms with van der Waals surface area (Å²) in [6, 6.07) is 0. The molecule has 0 aliphatic heterocycles. The van der Waals surface area contributed by atoms with Crippen molar-refractivity contribution in [1.29, 1.82) is 0 Å². The van der Waals surface area contributed by atoms with Crippen molar-refractivity contribution in [2.45, 2.75) is 65.6 Å². The predicted molar refractivity (Wildman–Crippen MR) is 76.9 cm³/mol. The fourth-order valence-electron chi connectivity index (χ4n) is 1.83. The van der Waals surface area contributed by atoms with Crippen molar-refractivity contribution in [3.8, 4) is 0 Å². The van der Waals surface area contributed by atoms with Crippen LogP contribution in [0, 0.1) is 5.92 Å². The lowest BCUT2D eigenvalue weighted by Crippen LogP contribution is -2.47. The minimum Gasteiger partial charge on any atom is -0.443 e. The maximum absolute atomic E-state index is 12.2. The van der Waals surface area contributed by atoms with Gasteiger partial charge in [-0.25, -0.2) is 14.5 Å². The Morgan fingerprint density at radius 3 is 1.67 bits per heavy atom. The smallest absolute Gasteiger partial charge is 0.419 e. The summed E-state index contributed by atoms with van der Waals surface area (Å²) >= 11 is 0. The van der Waals surface area contributed by atoms with Crippen molar-refractivity contribution in [1.82, 2.24) is 4.90 Å². The largest absolute Gasteiger partial charge is 0.443 e. The first-order valence-electron chi connectivity index (χ1n) is 7.12. The maximum Gasteiger partial charge on any atom is 0.419 e. The molecule has 1 aliphatic carbocycles. The number of imide groups is 1. The normalized spacial score (nSPS) is 16.2. The molecule has 0 spiro atoms. The fraction of sp³-hybridized carbons (Fsp3) is 0.800. The summed E-state index contributed by atoms with van der Waals surface area (Å²) in [6.07, 6.45) is -0.698. The van der Waals surface area contributed by atoms with Gasteiger partial charge in [-0.05, 0) is 47.5 Å². The molecule has 0 bridgehead atoms. The van der Waals surface area contributed by atoms with Crippen molar-refractivity contribution >= 4 is 18.0 Å². The van der Waals surface area contributed by atoms with E-state index in [1.807, 2.05) is 0 Å². The molecule has 0 unspecified atom stereocenters. The molecule has 0 saturated heterocycles. The van der Waals surface area contributed by atoms with Crippen LogP contribution in [0.5, 0.6) is 0 Å². The Morgan fingerprint density at radius 2 is 1.38 bits per heavy atom. The molecule has 0 atom stereocenters. The quantitative estimate of drug-likeness (QED) is 0.783. The van der Waals surface area contributed by atoms with Crippen molar-refractivity contribution in [2.75, 3.05) is 6.54 Å². The number of ether oxygens (including phenoxy) is 2. The first-order valence-corrected chi connectivity index (χ1v) is 7.12. The molecule has 6 heteroatoms. The van der Waals surface area contributed by atoms with Crippen LogP contribution >= 0.6 is 0 Å². The van der Waals surface area contributed by atoms with Gasteiger partial charge in [0.1, 0.15) is 17.0 Å². The number of Topliss-reactive ketones (excluding diaryl/α,β-unsaturated/α-hetero) is 1. The topological polar surface area (TPSA) is 72.9 Å². The van der Waals surface area contributed by atoms with Gasteiger partial charge in [0.15, 0.2) is 0 Å². The van der Waals surface area contributed by atoms with Crippen LogP contribution in [-0.4, -0.2) is 40.6 Å². The molecule has 6 nitrogen and oxygen atoms in total. The van der Waals surface area contributed by atoms with E-state index < -0.39 is 23.4 Å². The van der Waals surface area contributed by atoms with Crippen LogP contribution in [0.4, 0.5) is 9.59 Å². The van der Waals surface area contributed by atoms with E-state index in [2.05, 4.69) is 0 Å². The van der Waals surface area contributed by atoms with Gasteiger partial charge < -0.3 is 9.47 Å². The van der Waals surface area contributed by atoms with Crippen LogP contribution in [0.25, 0.3) is 0 Å². The highest BCUT2D eigenvalue weighted by atomic mass is 16.6. The molecule has 0 aromatic carbocycles. The molecule has 1 aliphatic rings. The summed E-state index contributed by atoms with van der Waals surface area (Å²) in [5.74, 6) is 0.144. The molecule has 0 N–H and O–H groups in total. The van der Waals surface area contributed by atoms with E-state index in [0.717, 1.165) is 4.90 Å². The van der Waals surface area contributed by atoms with Crippen LogP contribution in [0.15, 0.2) is 0 Å². The molecule has 0 heterocycles. The number of hydrogen-bond acceptors (Lipinski definition) is 5. The van der Waals surface area contributed by atoms with E-state index in [9.17, 15) is 14.4 Å². The summed E-state index contributed by atoms with van der Waals surface area (Å²) in [5.41, 5.74) is -1.40. The third-order valence-corrected chi connectivity index (χ3v) is 2.70. The van der Waals surface area contributed by atoms with Gasteiger partial charge in [0.05, 0.1) is 0 Å². The third kappa shape index (κ3) is 6.14. The van der Waals surface area contributed by atoms with Crippen LogP contribution in [-0.2, 0) is 14.3 Å². The van der Waals surface area contributed by atoms with E-state index in [1.165, 1.54) is 0 Å². The van der Waals surface area contributed by atoms with Crippen LogP contribution in [0.1, 0.15) is 54.4 Å². The number of carbonyl (C=O) groups excluding carboxylic acids is 3. The van der Waals surface area contributed by atoms with E-state index in [0.29, 0.717) is 12.8 Å². The third-order valence-electron chi connectivity index (χ3n) is 2.70. The highest BCUT2D eigenvalue weighted by molar-refractivity contribution is 5.89. The van der Waals surface area contributed by atoms with Crippen LogP contribution in [0.3, 0.4) is 0 Å². The average Bonchev–Trinajstić information content (AvgIpc) is 2.16. The number of hydrogen-bond donors (Lipinski definition) is 0. The molecule has 0 aromatic rings. The van der Waals surface area contributed by atoms with Gasteiger partial charge in [0.25, 0.3) is 0 Å². The standard InChI is InChI=1S/C15H25NO5/c1-14(2,3)20-12(18)16(9-10-7-11(17)8-10)13(19)21-15(4,5)6/h10H,7-9H2,1-6H3. The zero-order chi connectivity index (χ0) is 16.4. The number of rotatable bonds is 2. The second kappa shape index (κ2) is 6.03. The number of nitrogens with zero attached hydrogens (tertiary/aromatic N) is 1. The number of carbonyl (C=O) groups is 3. The molecule has 21 heavy (non-hydrogen) atoms. The van der Waals surface area contributed by atoms with Crippen molar-refractivity contribution in [3.63, 3.8) is 0 Å². The average molecular weight is 299 g/mol. The van der Waals surface area contributed by atoms with Crippen LogP contribution < -0.4 is 0 Å². The van der Waals surface area contributed by atoms with E-state index in [-0.39, 0.29) is 18.2 Å². The Morgan fingerprint density at radius 1 is 1.00 bits per heavy atom. The Balaban J connectivity index is 2.76. The molecule has 120 valence electrons. The SMILES string of the molecule is CC(C)(C)OC(=O)N(CC1CC(=O)C1)C(=O)OC(C)(C)C. The Kier molecular flexibility index (Phi) is 5.02. The van der Waals surface area contributed by atoms with Gasteiger partial charge in [-0.2, -0.15) is 0 Å². The molecule has 1 saturated carbocycles. The van der Waals surface area contributed by atoms with E-state index >= 15 is 0 Å². The lowest BCUT2D eigenvalue weighted by Gasteiger charge is -2.32. The zero-order valence-electron chi connectivity index (χ0n) is 13.7. The van der Waals surface area contributed by atoms with Gasteiger partial charge in [-0.3, -0.25) is 4.79 Å². The molecular formula is C15H25NO5. The van der Waals surface area contributed by atoms with Gasteiger partial charge in [0, 0.05) is 19.4 Å². The fourth-order valence-corrected chi connectivity index (χ4v) is 1.83. The van der Waals surface area contributed by atoms with E-state index in [1.54, 1.807) is 41.5 Å². The molecule has 2 amide bonds. The minimum absolute atomic E-state index is 0.00228. The van der Waals surface area contributed by atoms with Crippen molar-refractivity contribution in [2.24, 2.45) is 5.92 Å². The van der Waals surface area contributed by atoms with Gasteiger partial charge >= 0.3 is 12.2 Å². The predicted octanol–water partition coefficient (Wildman–Crippen LogP) is 3.14. The zero-order valence-corrected chi connectivity index (χ0v) is 13.7. The number of amides is 2. The van der Waals surface area contributed by atoms with Gasteiger partial charge in [-0.15, -0.1) is 0 Å². The lowest BCUT2D eigenvalue weighted by molar-refractivity contribution is -0.127. The van der Waals surface area contributed by atoms with Gasteiger partial charge in [0.2, 0.25) is 0 Å². The highest BCUT2D eigenvalue weighted by Crippen LogP contribution is 2.25. The first-order chi connectivity index (χ1) is 9.37. The maximum atomic E-state index is 12.2. The molecule has 1 rings (SSSR count). The van der Waals surface area contributed by atoms with Crippen molar-refractivity contribution in [3.05, 3.63) is 0 Å². The Hall–Kier alpha value is -1.59. The lowest BCUT2D eigenvalue weighted by atomic mass is 9.84. The Bertz CT molecular complexity index is 394. The van der Waals surface area contributed by atoms with Crippen LogP contribution in [0.2, 0.25) is 0 Å². The van der Waals surface area contributed by atoms with Crippen molar-refractivity contribution < 1.29 is 23.9 Å². The van der Waals surface area contributed by atoms with E-state index in [4.69, 9.17) is 9.47 Å². The highest BCUT2D eigenvalue weighted by Gasteiger charge is 2.36. The second-order valence-corrected chi connectivity index (χ2v) is 7.38. The molecule has 0 radical (unpaired) electrons. The summed E-state index contributed by atoms with van der Waals surface area (Å²) in [5, 5.41) is 0.